The van der Waals surface area contributed by atoms with Crippen LogP contribution in [0.1, 0.15) is 31.7 Å². The lowest BCUT2D eigenvalue weighted by molar-refractivity contribution is -0.148. The van der Waals surface area contributed by atoms with Gasteiger partial charge in [0.1, 0.15) is 0 Å². The predicted octanol–water partition coefficient (Wildman–Crippen LogP) is 2.43. The third kappa shape index (κ3) is 2.78. The molecule has 3 nitrogen and oxygen atoms in total. The minimum atomic E-state index is -0.756. The van der Waals surface area contributed by atoms with Gasteiger partial charge in [0.2, 0.25) is 0 Å². The lowest BCUT2D eigenvalue weighted by Gasteiger charge is -2.22. The molecule has 0 bridgehead atoms. The van der Waals surface area contributed by atoms with E-state index in [-0.39, 0.29) is 0 Å². The highest BCUT2D eigenvalue weighted by molar-refractivity contribution is 5.74. The van der Waals surface area contributed by atoms with E-state index in [1.165, 1.54) is 0 Å². The molecule has 1 aromatic rings. The van der Waals surface area contributed by atoms with Gasteiger partial charge in [-0.2, -0.15) is 0 Å². The Bertz CT molecular complexity index is 362. The van der Waals surface area contributed by atoms with E-state index in [4.69, 9.17) is 5.11 Å². The molecule has 1 rings (SSSR count). The van der Waals surface area contributed by atoms with E-state index >= 15 is 0 Å². The predicted molar refractivity (Wildman–Crippen MR) is 58.7 cm³/mol. The molecule has 15 heavy (non-hydrogen) atoms. The number of hydrogen-bond donors (Lipinski definition) is 1. The number of aryl methyl sites for hydroxylation is 1. The van der Waals surface area contributed by atoms with E-state index in [1.54, 1.807) is 6.92 Å². The van der Waals surface area contributed by atoms with E-state index in [9.17, 15) is 4.79 Å². The van der Waals surface area contributed by atoms with E-state index < -0.39 is 11.4 Å². The Labute approximate surface area is 90.2 Å². The third-order valence-electron chi connectivity index (χ3n) is 2.81. The summed E-state index contributed by atoms with van der Waals surface area (Å²) >= 11 is 0. The Morgan fingerprint density at radius 2 is 2.20 bits per heavy atom. The van der Waals surface area contributed by atoms with E-state index in [0.717, 1.165) is 11.4 Å². The largest absolute Gasteiger partial charge is 0.481 e. The summed E-state index contributed by atoms with van der Waals surface area (Å²) in [5.41, 5.74) is 1.07. The summed E-state index contributed by atoms with van der Waals surface area (Å²) in [5.74, 6) is -0.756. The average Bonchev–Trinajstić information content (AvgIpc) is 2.17. The number of nitrogens with zero attached hydrogens (tertiary/aromatic N) is 1. The zero-order chi connectivity index (χ0) is 11.5. The molecule has 0 aliphatic rings. The van der Waals surface area contributed by atoms with Crippen LogP contribution in [0.4, 0.5) is 0 Å². The fraction of sp³-hybridized carbons (Fsp3) is 0.500. The molecular weight excluding hydrogens is 190 g/mol. The normalized spacial score (nSPS) is 14.6. The number of hydrogen-bond acceptors (Lipinski definition) is 2. The van der Waals surface area contributed by atoms with Crippen LogP contribution in [0.5, 0.6) is 0 Å². The highest BCUT2D eigenvalue weighted by atomic mass is 16.4. The van der Waals surface area contributed by atoms with Crippen molar-refractivity contribution in [2.75, 3.05) is 0 Å². The number of carboxylic acids is 1. The SMILES string of the molecule is CCC(C)(Cc1cccc(C)n1)C(=O)O. The Balaban J connectivity index is 2.89. The van der Waals surface area contributed by atoms with Gasteiger partial charge >= 0.3 is 5.97 Å². The quantitative estimate of drug-likeness (QED) is 0.825. The van der Waals surface area contributed by atoms with Gasteiger partial charge in [-0.1, -0.05) is 13.0 Å². The minimum absolute atomic E-state index is 0.487. The molecule has 0 saturated carbocycles. The van der Waals surface area contributed by atoms with Gasteiger partial charge in [0.05, 0.1) is 5.41 Å². The Morgan fingerprint density at radius 3 is 2.67 bits per heavy atom. The first kappa shape index (κ1) is 11.7. The molecule has 0 saturated heterocycles. The van der Waals surface area contributed by atoms with Crippen LogP contribution >= 0.6 is 0 Å². The summed E-state index contributed by atoms with van der Waals surface area (Å²) in [7, 11) is 0. The molecule has 1 N–H and O–H groups in total. The van der Waals surface area contributed by atoms with Crippen molar-refractivity contribution in [3.05, 3.63) is 29.6 Å². The minimum Gasteiger partial charge on any atom is -0.481 e. The van der Waals surface area contributed by atoms with E-state index in [1.807, 2.05) is 32.0 Å². The van der Waals surface area contributed by atoms with E-state index in [2.05, 4.69) is 4.98 Å². The highest BCUT2D eigenvalue weighted by Gasteiger charge is 2.31. The highest BCUT2D eigenvalue weighted by Crippen LogP contribution is 2.26. The molecule has 1 unspecified atom stereocenters. The lowest BCUT2D eigenvalue weighted by Crippen LogP contribution is -2.29. The van der Waals surface area contributed by atoms with Crippen molar-refractivity contribution >= 4 is 5.97 Å². The van der Waals surface area contributed by atoms with Crippen LogP contribution in [0.25, 0.3) is 0 Å². The molecular formula is C12H17NO2. The van der Waals surface area contributed by atoms with Crippen molar-refractivity contribution in [2.45, 2.75) is 33.6 Å². The first-order valence-corrected chi connectivity index (χ1v) is 5.14. The fourth-order valence-electron chi connectivity index (χ4n) is 1.45. The van der Waals surface area contributed by atoms with Gasteiger partial charge in [-0.25, -0.2) is 0 Å². The maximum absolute atomic E-state index is 11.1. The second-order valence-corrected chi connectivity index (χ2v) is 4.17. The fourth-order valence-corrected chi connectivity index (χ4v) is 1.45. The topological polar surface area (TPSA) is 50.2 Å². The summed E-state index contributed by atoms with van der Waals surface area (Å²) in [6.07, 6.45) is 1.10. The van der Waals surface area contributed by atoms with Gasteiger partial charge in [0.25, 0.3) is 0 Å². The standard InChI is InChI=1S/C12H17NO2/c1-4-12(3,11(14)15)8-10-7-5-6-9(2)13-10/h5-7H,4,8H2,1-3H3,(H,14,15). The summed E-state index contributed by atoms with van der Waals surface area (Å²) in [6.45, 7) is 5.57. The zero-order valence-corrected chi connectivity index (χ0v) is 9.45. The van der Waals surface area contributed by atoms with Crippen molar-refractivity contribution < 1.29 is 9.90 Å². The summed E-state index contributed by atoms with van der Waals surface area (Å²) in [5, 5.41) is 9.14. The molecule has 0 amide bonds. The first-order valence-electron chi connectivity index (χ1n) is 5.14. The summed E-state index contributed by atoms with van der Waals surface area (Å²) in [4.78, 5) is 15.4. The maximum Gasteiger partial charge on any atom is 0.309 e. The second kappa shape index (κ2) is 4.43. The van der Waals surface area contributed by atoms with Gasteiger partial charge in [-0.15, -0.1) is 0 Å². The summed E-state index contributed by atoms with van der Waals surface area (Å²) < 4.78 is 0. The molecule has 0 aliphatic heterocycles. The number of carbonyl (C=O) groups is 1. The van der Waals surface area contributed by atoms with Crippen LogP contribution in [0.15, 0.2) is 18.2 Å². The smallest absolute Gasteiger partial charge is 0.309 e. The Morgan fingerprint density at radius 1 is 1.53 bits per heavy atom. The number of pyridine rings is 1. The molecule has 0 radical (unpaired) electrons. The molecule has 1 atom stereocenters. The van der Waals surface area contributed by atoms with Crippen LogP contribution in [-0.4, -0.2) is 16.1 Å². The van der Waals surface area contributed by atoms with Crippen molar-refractivity contribution in [3.63, 3.8) is 0 Å². The second-order valence-electron chi connectivity index (χ2n) is 4.17. The van der Waals surface area contributed by atoms with Crippen LogP contribution in [-0.2, 0) is 11.2 Å². The van der Waals surface area contributed by atoms with Crippen LogP contribution in [0.2, 0.25) is 0 Å². The van der Waals surface area contributed by atoms with Crippen LogP contribution in [0.3, 0.4) is 0 Å². The Kier molecular flexibility index (Phi) is 3.45. The first-order chi connectivity index (χ1) is 6.98. The molecule has 1 heterocycles. The number of aromatic nitrogens is 1. The van der Waals surface area contributed by atoms with Gasteiger partial charge in [0, 0.05) is 17.8 Å². The molecule has 0 fully saturated rings. The molecule has 0 aromatic carbocycles. The third-order valence-corrected chi connectivity index (χ3v) is 2.81. The number of rotatable bonds is 4. The van der Waals surface area contributed by atoms with Crippen molar-refractivity contribution in [1.82, 2.24) is 4.98 Å². The zero-order valence-electron chi connectivity index (χ0n) is 9.45. The van der Waals surface area contributed by atoms with Gasteiger partial charge in [-0.3, -0.25) is 9.78 Å². The van der Waals surface area contributed by atoms with Crippen molar-refractivity contribution in [1.29, 1.82) is 0 Å². The van der Waals surface area contributed by atoms with E-state index in [0.29, 0.717) is 12.8 Å². The number of aliphatic carboxylic acids is 1. The van der Waals surface area contributed by atoms with Crippen molar-refractivity contribution in [2.24, 2.45) is 5.41 Å². The molecule has 1 aromatic heterocycles. The molecule has 0 spiro atoms. The molecule has 3 heteroatoms. The summed E-state index contributed by atoms with van der Waals surface area (Å²) in [6, 6.07) is 5.70. The Hall–Kier alpha value is -1.38. The van der Waals surface area contributed by atoms with Crippen LogP contribution < -0.4 is 0 Å². The monoisotopic (exact) mass is 207 g/mol. The van der Waals surface area contributed by atoms with Gasteiger partial charge in [0.15, 0.2) is 0 Å². The number of carboxylic acid groups (broad SMARTS) is 1. The maximum atomic E-state index is 11.1. The van der Waals surface area contributed by atoms with Gasteiger partial charge in [-0.05, 0) is 32.4 Å². The van der Waals surface area contributed by atoms with Crippen LogP contribution in [0, 0.1) is 12.3 Å². The molecule has 0 aliphatic carbocycles. The average molecular weight is 207 g/mol. The molecule has 82 valence electrons. The van der Waals surface area contributed by atoms with Crippen molar-refractivity contribution in [3.8, 4) is 0 Å². The van der Waals surface area contributed by atoms with Gasteiger partial charge < -0.3 is 5.11 Å². The lowest BCUT2D eigenvalue weighted by atomic mass is 9.83.